The Bertz CT molecular complexity index is 625. The van der Waals surface area contributed by atoms with Gasteiger partial charge < -0.3 is 11.1 Å². The maximum absolute atomic E-state index is 5.62. The molecule has 3 nitrogen and oxygen atoms in total. The summed E-state index contributed by atoms with van der Waals surface area (Å²) in [6, 6.07) is 5.98. The fourth-order valence-corrected chi connectivity index (χ4v) is 3.25. The third-order valence-corrected chi connectivity index (χ3v) is 5.13. The molecule has 106 valence electrons. The number of aromatic nitrogens is 1. The molecule has 1 aromatic heterocycles. The first-order valence-corrected chi connectivity index (χ1v) is 8.33. The first-order valence-electron chi connectivity index (χ1n) is 6.31. The third-order valence-electron chi connectivity index (χ3n) is 2.92. The smallest absolute Gasteiger partial charge is 0.115 e. The number of anilines is 1. The molecule has 1 atom stereocenters. The molecule has 3 N–H and O–H groups in total. The van der Waals surface area contributed by atoms with Crippen molar-refractivity contribution in [3.05, 3.63) is 44.3 Å². The van der Waals surface area contributed by atoms with E-state index < -0.39 is 0 Å². The number of aryl methyl sites for hydroxylation is 1. The van der Waals surface area contributed by atoms with E-state index in [0.29, 0.717) is 4.99 Å². The summed E-state index contributed by atoms with van der Waals surface area (Å²) in [5, 5.41) is 4.54. The number of hydrogen-bond acceptors (Lipinski definition) is 4. The van der Waals surface area contributed by atoms with Crippen molar-refractivity contribution in [2.45, 2.75) is 26.3 Å². The fourth-order valence-electron chi connectivity index (χ4n) is 1.77. The maximum Gasteiger partial charge on any atom is 0.115 e. The lowest BCUT2D eigenvalue weighted by Crippen LogP contribution is -2.10. The number of thiocarbonyl (C=S) groups is 1. The van der Waals surface area contributed by atoms with Crippen molar-refractivity contribution in [2.75, 3.05) is 5.32 Å². The van der Waals surface area contributed by atoms with Gasteiger partial charge in [-0.1, -0.05) is 19.1 Å². The van der Waals surface area contributed by atoms with Crippen molar-refractivity contribution in [1.29, 1.82) is 0 Å². The van der Waals surface area contributed by atoms with Crippen LogP contribution in [0, 0.1) is 0 Å². The lowest BCUT2D eigenvalue weighted by Gasteiger charge is -2.15. The number of nitrogens with two attached hydrogens (primary N) is 1. The Kier molecular flexibility index (Phi) is 5.12. The molecule has 20 heavy (non-hydrogen) atoms. The quantitative estimate of drug-likeness (QED) is 0.772. The first-order chi connectivity index (χ1) is 9.51. The second-order valence-corrected chi connectivity index (χ2v) is 6.88. The Morgan fingerprint density at radius 2 is 2.30 bits per heavy atom. The highest BCUT2D eigenvalue weighted by atomic mass is 79.9. The van der Waals surface area contributed by atoms with E-state index in [4.69, 9.17) is 18.0 Å². The molecule has 0 bridgehead atoms. The van der Waals surface area contributed by atoms with Gasteiger partial charge in [-0.3, -0.25) is 0 Å². The third kappa shape index (κ3) is 3.56. The van der Waals surface area contributed by atoms with E-state index >= 15 is 0 Å². The van der Waals surface area contributed by atoms with Crippen LogP contribution >= 0.6 is 39.5 Å². The maximum atomic E-state index is 5.62. The molecule has 0 aliphatic heterocycles. The molecule has 0 saturated carbocycles. The Balaban J connectivity index is 2.15. The van der Waals surface area contributed by atoms with Crippen molar-refractivity contribution in [2.24, 2.45) is 5.73 Å². The predicted octanol–water partition coefficient (Wildman–Crippen LogP) is 4.28. The fraction of sp³-hybridized carbons (Fsp3) is 0.286. The highest BCUT2D eigenvalue weighted by Gasteiger charge is 2.12. The van der Waals surface area contributed by atoms with Crippen LogP contribution in [-0.2, 0) is 6.42 Å². The topological polar surface area (TPSA) is 50.9 Å². The van der Waals surface area contributed by atoms with Gasteiger partial charge >= 0.3 is 0 Å². The summed E-state index contributed by atoms with van der Waals surface area (Å²) >= 11 is 10.3. The van der Waals surface area contributed by atoms with E-state index in [-0.39, 0.29) is 6.04 Å². The minimum atomic E-state index is 0.160. The van der Waals surface area contributed by atoms with Gasteiger partial charge in [0, 0.05) is 26.8 Å². The summed E-state index contributed by atoms with van der Waals surface area (Å²) in [5.74, 6) is 0. The van der Waals surface area contributed by atoms with Gasteiger partial charge in [0.1, 0.15) is 10.00 Å². The van der Waals surface area contributed by atoms with E-state index in [9.17, 15) is 0 Å². The molecule has 1 aromatic carbocycles. The van der Waals surface area contributed by atoms with Gasteiger partial charge in [-0.05, 0) is 47.5 Å². The molecule has 0 aliphatic rings. The highest BCUT2D eigenvalue weighted by molar-refractivity contribution is 9.10. The van der Waals surface area contributed by atoms with Crippen LogP contribution in [0.2, 0.25) is 0 Å². The van der Waals surface area contributed by atoms with Gasteiger partial charge in [0.05, 0.1) is 6.04 Å². The molecule has 2 rings (SSSR count). The molecule has 0 amide bonds. The molecular weight excluding hydrogens is 354 g/mol. The molecular formula is C14H16BrN3S2. The molecule has 0 aliphatic carbocycles. The van der Waals surface area contributed by atoms with Gasteiger partial charge in [-0.2, -0.15) is 0 Å². The largest absolute Gasteiger partial charge is 0.389 e. The summed E-state index contributed by atoms with van der Waals surface area (Å²) in [6.45, 7) is 4.24. The standard InChI is InChI=1S/C14H16BrN3S2/c1-3-10-7-17-14(20-10)8(2)18-12-5-4-9(13(16)19)6-11(12)15/h4-8,18H,3H2,1-2H3,(H2,16,19). The normalized spacial score (nSPS) is 12.2. The number of hydrogen-bond donors (Lipinski definition) is 2. The summed E-state index contributed by atoms with van der Waals surface area (Å²) in [5.41, 5.74) is 7.48. The predicted molar refractivity (Wildman–Crippen MR) is 93.6 cm³/mol. The van der Waals surface area contributed by atoms with Crippen LogP contribution in [0.15, 0.2) is 28.9 Å². The molecule has 2 aromatic rings. The first kappa shape index (κ1) is 15.4. The Morgan fingerprint density at radius 1 is 1.55 bits per heavy atom. The van der Waals surface area contributed by atoms with Crippen LogP contribution in [0.4, 0.5) is 5.69 Å². The number of thiazole rings is 1. The second-order valence-electron chi connectivity index (χ2n) is 4.44. The number of halogens is 1. The zero-order valence-corrected chi connectivity index (χ0v) is 14.5. The summed E-state index contributed by atoms with van der Waals surface area (Å²) in [4.78, 5) is 6.16. The van der Waals surface area contributed by atoms with Crippen molar-refractivity contribution < 1.29 is 0 Å². The lowest BCUT2D eigenvalue weighted by atomic mass is 10.2. The van der Waals surface area contributed by atoms with Crippen LogP contribution < -0.4 is 11.1 Å². The minimum absolute atomic E-state index is 0.160. The monoisotopic (exact) mass is 369 g/mol. The summed E-state index contributed by atoms with van der Waals surface area (Å²) in [6.07, 6.45) is 2.97. The number of nitrogens with one attached hydrogen (secondary N) is 1. The summed E-state index contributed by atoms with van der Waals surface area (Å²) < 4.78 is 0.946. The molecule has 6 heteroatoms. The van der Waals surface area contributed by atoms with Crippen molar-refractivity contribution in [1.82, 2.24) is 4.98 Å². The van der Waals surface area contributed by atoms with Gasteiger partial charge in [0.2, 0.25) is 0 Å². The zero-order chi connectivity index (χ0) is 14.7. The van der Waals surface area contributed by atoms with Gasteiger partial charge in [-0.25, -0.2) is 4.98 Å². The van der Waals surface area contributed by atoms with Crippen LogP contribution in [0.25, 0.3) is 0 Å². The molecule has 0 spiro atoms. The van der Waals surface area contributed by atoms with Crippen molar-refractivity contribution in [3.8, 4) is 0 Å². The molecule has 0 saturated heterocycles. The summed E-state index contributed by atoms with van der Waals surface area (Å²) in [7, 11) is 0. The number of nitrogens with zero attached hydrogens (tertiary/aromatic N) is 1. The Labute approximate surface area is 136 Å². The average Bonchev–Trinajstić information content (AvgIpc) is 2.89. The van der Waals surface area contributed by atoms with Gasteiger partial charge in [-0.15, -0.1) is 11.3 Å². The van der Waals surface area contributed by atoms with E-state index in [1.54, 1.807) is 11.3 Å². The van der Waals surface area contributed by atoms with Gasteiger partial charge in [0.15, 0.2) is 0 Å². The second kappa shape index (κ2) is 6.65. The van der Waals surface area contributed by atoms with Crippen LogP contribution in [0.3, 0.4) is 0 Å². The van der Waals surface area contributed by atoms with Crippen LogP contribution in [0.5, 0.6) is 0 Å². The molecule has 0 radical (unpaired) electrons. The van der Waals surface area contributed by atoms with E-state index in [1.165, 1.54) is 4.88 Å². The average molecular weight is 370 g/mol. The molecule has 1 heterocycles. The Hall–Kier alpha value is -0.980. The lowest BCUT2D eigenvalue weighted by molar-refractivity contribution is 0.868. The van der Waals surface area contributed by atoms with Crippen molar-refractivity contribution >= 4 is 50.2 Å². The number of benzene rings is 1. The zero-order valence-electron chi connectivity index (χ0n) is 11.3. The highest BCUT2D eigenvalue weighted by Crippen LogP contribution is 2.29. The van der Waals surface area contributed by atoms with E-state index in [0.717, 1.165) is 27.2 Å². The number of rotatable bonds is 5. The van der Waals surface area contributed by atoms with Crippen LogP contribution in [0.1, 0.15) is 35.3 Å². The van der Waals surface area contributed by atoms with E-state index in [1.807, 2.05) is 24.4 Å². The van der Waals surface area contributed by atoms with E-state index in [2.05, 4.69) is 40.1 Å². The molecule has 1 unspecified atom stereocenters. The molecule has 0 fully saturated rings. The van der Waals surface area contributed by atoms with Gasteiger partial charge in [0.25, 0.3) is 0 Å². The van der Waals surface area contributed by atoms with Crippen LogP contribution in [-0.4, -0.2) is 9.97 Å². The SMILES string of the molecule is CCc1cnc(C(C)Nc2ccc(C(N)=S)cc2Br)s1. The minimum Gasteiger partial charge on any atom is -0.389 e. The Morgan fingerprint density at radius 3 is 2.85 bits per heavy atom. The van der Waals surface area contributed by atoms with Crippen molar-refractivity contribution in [3.63, 3.8) is 0 Å².